The van der Waals surface area contributed by atoms with E-state index in [1.165, 1.54) is 0 Å². The SMILES string of the molecule is OCCNc1ncc(Oc2ccc(Cl)cc2)c(N2CCN(CCO)CC2)n1.OCCOCCNc1ncc(Oc2ccc(Cl)cc2)c(N2CCN(CCO)CC2)n1. The Kier molecular flexibility index (Phi) is 18.3. The minimum absolute atomic E-state index is 0.000356. The number of ether oxygens (including phenoxy) is 3. The predicted octanol–water partition coefficient (Wildman–Crippen LogP) is 2.90. The van der Waals surface area contributed by atoms with Crippen LogP contribution in [0.4, 0.5) is 23.5 Å². The van der Waals surface area contributed by atoms with Crippen molar-refractivity contribution in [2.75, 3.05) is 139 Å². The van der Waals surface area contributed by atoms with Crippen molar-refractivity contribution in [1.29, 1.82) is 0 Å². The zero-order chi connectivity index (χ0) is 40.2. The molecular formula is C38H52Cl2N10O7. The molecule has 19 heteroatoms. The molecule has 6 N–H and O–H groups in total. The molecule has 0 unspecified atom stereocenters. The molecule has 0 amide bonds. The van der Waals surface area contributed by atoms with Crippen LogP contribution >= 0.6 is 23.2 Å². The van der Waals surface area contributed by atoms with Crippen LogP contribution in [0.25, 0.3) is 0 Å². The van der Waals surface area contributed by atoms with Crippen LogP contribution < -0.4 is 29.9 Å². The molecule has 2 aliphatic heterocycles. The highest BCUT2D eigenvalue weighted by molar-refractivity contribution is 6.30. The van der Waals surface area contributed by atoms with E-state index in [0.717, 1.165) is 52.4 Å². The maximum Gasteiger partial charge on any atom is 0.224 e. The number of halogens is 2. The summed E-state index contributed by atoms with van der Waals surface area (Å²) >= 11 is 11.9. The predicted molar refractivity (Wildman–Crippen MR) is 221 cm³/mol. The van der Waals surface area contributed by atoms with Gasteiger partial charge in [0.1, 0.15) is 11.5 Å². The summed E-state index contributed by atoms with van der Waals surface area (Å²) in [7, 11) is 0. The number of nitrogens with zero attached hydrogens (tertiary/aromatic N) is 8. The number of aliphatic hydroxyl groups excluding tert-OH is 4. The summed E-state index contributed by atoms with van der Waals surface area (Å²) in [5, 5.41) is 43.5. The minimum Gasteiger partial charge on any atom is -0.452 e. The van der Waals surface area contributed by atoms with Crippen LogP contribution in [0.3, 0.4) is 0 Å². The van der Waals surface area contributed by atoms with Gasteiger partial charge in [0.2, 0.25) is 11.9 Å². The number of aromatic nitrogens is 4. The third-order valence-electron chi connectivity index (χ3n) is 8.89. The average Bonchev–Trinajstić information content (AvgIpc) is 3.23. The van der Waals surface area contributed by atoms with Gasteiger partial charge in [0, 0.05) is 88.6 Å². The van der Waals surface area contributed by atoms with Crippen LogP contribution in [0.5, 0.6) is 23.0 Å². The lowest BCUT2D eigenvalue weighted by atomic mass is 10.3. The molecular weight excluding hydrogens is 779 g/mol. The van der Waals surface area contributed by atoms with Gasteiger partial charge in [-0.15, -0.1) is 0 Å². The maximum absolute atomic E-state index is 9.16. The van der Waals surface area contributed by atoms with Crippen molar-refractivity contribution in [3.63, 3.8) is 0 Å². The summed E-state index contributed by atoms with van der Waals surface area (Å²) in [6, 6.07) is 14.3. The highest BCUT2D eigenvalue weighted by atomic mass is 35.5. The molecule has 2 fully saturated rings. The van der Waals surface area contributed by atoms with Crippen molar-refractivity contribution in [3.8, 4) is 23.0 Å². The Hall–Kier alpha value is -4.30. The van der Waals surface area contributed by atoms with Crippen LogP contribution in [0.15, 0.2) is 60.9 Å². The summed E-state index contributed by atoms with van der Waals surface area (Å²) < 4.78 is 17.3. The van der Waals surface area contributed by atoms with E-state index in [1.54, 1.807) is 60.9 Å². The molecule has 310 valence electrons. The lowest BCUT2D eigenvalue weighted by Gasteiger charge is -2.35. The van der Waals surface area contributed by atoms with Crippen LogP contribution in [0.1, 0.15) is 0 Å². The first-order chi connectivity index (χ1) is 27.9. The van der Waals surface area contributed by atoms with Gasteiger partial charge in [0.15, 0.2) is 23.1 Å². The van der Waals surface area contributed by atoms with E-state index in [4.69, 9.17) is 57.8 Å². The Morgan fingerprint density at radius 1 is 0.544 bits per heavy atom. The maximum atomic E-state index is 9.16. The molecule has 0 bridgehead atoms. The second-order valence-corrected chi connectivity index (χ2v) is 13.8. The number of rotatable bonds is 19. The van der Waals surface area contributed by atoms with Gasteiger partial charge in [-0.2, -0.15) is 9.97 Å². The molecule has 4 heterocycles. The molecule has 0 saturated carbocycles. The van der Waals surface area contributed by atoms with Crippen molar-refractivity contribution in [1.82, 2.24) is 29.7 Å². The van der Waals surface area contributed by atoms with E-state index >= 15 is 0 Å². The summed E-state index contributed by atoms with van der Waals surface area (Å²) in [5.74, 6) is 4.77. The van der Waals surface area contributed by atoms with E-state index in [1.807, 2.05) is 0 Å². The Balaban J connectivity index is 0.000000219. The van der Waals surface area contributed by atoms with E-state index in [2.05, 4.69) is 50.2 Å². The lowest BCUT2D eigenvalue weighted by Crippen LogP contribution is -2.47. The highest BCUT2D eigenvalue weighted by Crippen LogP contribution is 2.33. The molecule has 57 heavy (non-hydrogen) atoms. The first-order valence-corrected chi connectivity index (χ1v) is 19.7. The van der Waals surface area contributed by atoms with Gasteiger partial charge in [-0.3, -0.25) is 9.80 Å². The Morgan fingerprint density at radius 3 is 1.39 bits per heavy atom. The fraction of sp³-hybridized carbons (Fsp3) is 0.474. The van der Waals surface area contributed by atoms with Gasteiger partial charge in [-0.1, -0.05) is 23.2 Å². The van der Waals surface area contributed by atoms with Gasteiger partial charge in [-0.25, -0.2) is 9.97 Å². The number of anilines is 4. The van der Waals surface area contributed by atoms with Crippen molar-refractivity contribution in [2.45, 2.75) is 0 Å². The highest BCUT2D eigenvalue weighted by Gasteiger charge is 2.24. The van der Waals surface area contributed by atoms with Gasteiger partial charge in [0.05, 0.1) is 52.0 Å². The quantitative estimate of drug-likeness (QED) is 0.0754. The Labute approximate surface area is 342 Å². The van der Waals surface area contributed by atoms with Gasteiger partial charge in [-0.05, 0) is 48.5 Å². The smallest absolute Gasteiger partial charge is 0.224 e. The molecule has 2 aromatic heterocycles. The summed E-state index contributed by atoms with van der Waals surface area (Å²) in [4.78, 5) is 26.6. The zero-order valence-corrected chi connectivity index (χ0v) is 33.4. The molecule has 4 aromatic rings. The van der Waals surface area contributed by atoms with Crippen LogP contribution in [-0.4, -0.2) is 168 Å². The van der Waals surface area contributed by atoms with Crippen LogP contribution in [0, 0.1) is 0 Å². The number of aliphatic hydroxyl groups is 4. The number of hydrogen-bond donors (Lipinski definition) is 6. The summed E-state index contributed by atoms with van der Waals surface area (Å²) in [5.41, 5.74) is 0. The molecule has 2 saturated heterocycles. The second-order valence-electron chi connectivity index (χ2n) is 12.9. The van der Waals surface area contributed by atoms with Gasteiger partial charge in [0.25, 0.3) is 0 Å². The van der Waals surface area contributed by atoms with Gasteiger partial charge >= 0.3 is 0 Å². The van der Waals surface area contributed by atoms with Crippen molar-refractivity contribution in [3.05, 3.63) is 71.0 Å². The topological polar surface area (TPSA) is 197 Å². The molecule has 0 spiro atoms. The summed E-state index contributed by atoms with van der Waals surface area (Å²) in [6.07, 6.45) is 3.30. The number of piperazine rings is 2. The fourth-order valence-corrected chi connectivity index (χ4v) is 6.22. The molecule has 0 atom stereocenters. The van der Waals surface area contributed by atoms with Crippen LogP contribution in [0.2, 0.25) is 10.0 Å². The third kappa shape index (κ3) is 14.2. The zero-order valence-electron chi connectivity index (χ0n) is 31.8. The average molecular weight is 832 g/mol. The fourth-order valence-electron chi connectivity index (χ4n) is 5.97. The molecule has 0 radical (unpaired) electrons. The Morgan fingerprint density at radius 2 is 0.982 bits per heavy atom. The van der Waals surface area contributed by atoms with E-state index in [9.17, 15) is 0 Å². The van der Waals surface area contributed by atoms with Crippen molar-refractivity contribution >= 4 is 46.7 Å². The Bertz CT molecular complexity index is 1750. The molecule has 17 nitrogen and oxygen atoms in total. The monoisotopic (exact) mass is 830 g/mol. The molecule has 0 aliphatic carbocycles. The largest absolute Gasteiger partial charge is 0.452 e. The second kappa shape index (κ2) is 23.8. The van der Waals surface area contributed by atoms with Crippen molar-refractivity contribution in [2.24, 2.45) is 0 Å². The first-order valence-electron chi connectivity index (χ1n) is 18.9. The van der Waals surface area contributed by atoms with E-state index in [-0.39, 0.29) is 26.4 Å². The first kappa shape index (κ1) is 43.8. The van der Waals surface area contributed by atoms with Gasteiger partial charge < -0.3 is 55.1 Å². The third-order valence-corrected chi connectivity index (χ3v) is 9.40. The number of β-amino-alcohol motifs (C(OH)–C–C–N with tert-alkyl or cyclic N) is 2. The van der Waals surface area contributed by atoms with E-state index < -0.39 is 0 Å². The molecule has 2 aliphatic rings. The van der Waals surface area contributed by atoms with Crippen LogP contribution in [-0.2, 0) is 4.74 Å². The summed E-state index contributed by atoms with van der Waals surface area (Å²) in [6.45, 7) is 9.76. The van der Waals surface area contributed by atoms with Crippen molar-refractivity contribution < 1.29 is 34.6 Å². The lowest BCUT2D eigenvalue weighted by molar-refractivity contribution is 0.0991. The van der Waals surface area contributed by atoms with E-state index in [0.29, 0.717) is 96.0 Å². The molecule has 6 rings (SSSR count). The standard InChI is InChI=1S/C20H28ClN5O4.C18H24ClN5O3/c21-16-1-3-17(4-2-16)30-18-15-23-20(22-5-13-29-14-12-28)24-19(18)26-8-6-25(7-9-26)10-11-27;19-14-1-3-15(4-2-14)27-16-13-21-18(20-5-11-25)22-17(16)24-8-6-23(7-9-24)10-12-26/h1-4,15,27-28H,5-14H2,(H,22,23,24);1-4,13,25-26H,5-12H2,(H,20,21,22). The minimum atomic E-state index is -0.000356. The number of hydrogen-bond acceptors (Lipinski definition) is 17. The number of nitrogens with one attached hydrogen (secondary N) is 2. The molecule has 2 aromatic carbocycles. The number of benzene rings is 2. The normalized spacial score (nSPS) is 14.8.